The monoisotopic (exact) mass is 717 g/mol. The average Bonchev–Trinajstić information content (AvgIpc) is 3.61. The highest BCUT2D eigenvalue weighted by atomic mass is 35.5. The van der Waals surface area contributed by atoms with Gasteiger partial charge in [0.1, 0.15) is 12.6 Å². The lowest BCUT2D eigenvalue weighted by atomic mass is 10.0. The van der Waals surface area contributed by atoms with Crippen LogP contribution in [0.15, 0.2) is 95.9 Å². The molecule has 50 heavy (non-hydrogen) atoms. The molecule has 9 nitrogen and oxygen atoms in total. The van der Waals surface area contributed by atoms with Gasteiger partial charge in [0.15, 0.2) is 11.5 Å². The molecule has 11 heteroatoms. The van der Waals surface area contributed by atoms with Gasteiger partial charge in [0.25, 0.3) is 10.0 Å². The summed E-state index contributed by atoms with van der Waals surface area (Å²) in [6.45, 7) is 3.21. The minimum Gasteiger partial charge on any atom is -0.493 e. The van der Waals surface area contributed by atoms with Crippen molar-refractivity contribution in [1.82, 2.24) is 10.2 Å². The SMILES string of the molecule is COc1ccc(S(=O)(=O)N(CC(=O)N(Cc2cccc(Cl)c2)C(Cc2ccccc2)C(=O)NC2CCCC2)c2cc(C)cc(C)c2)cc1OC. The summed E-state index contributed by atoms with van der Waals surface area (Å²) < 4.78 is 41.0. The molecule has 2 amide bonds. The molecule has 5 rings (SSSR count). The Labute approximate surface area is 300 Å². The first-order valence-electron chi connectivity index (χ1n) is 16.7. The Morgan fingerprint density at radius 2 is 1.50 bits per heavy atom. The molecule has 1 aliphatic rings. The number of hydrogen-bond donors (Lipinski definition) is 1. The van der Waals surface area contributed by atoms with Crippen molar-refractivity contribution in [2.45, 2.75) is 69.5 Å². The molecule has 0 aromatic heterocycles. The van der Waals surface area contributed by atoms with E-state index < -0.39 is 28.5 Å². The van der Waals surface area contributed by atoms with Gasteiger partial charge in [-0.05, 0) is 85.3 Å². The van der Waals surface area contributed by atoms with E-state index in [1.807, 2.05) is 56.3 Å². The van der Waals surface area contributed by atoms with Gasteiger partial charge < -0.3 is 19.7 Å². The summed E-state index contributed by atoms with van der Waals surface area (Å²) in [5.74, 6) is -0.230. The number of carbonyl (C=O) groups is 2. The number of ether oxygens (including phenoxy) is 2. The van der Waals surface area contributed by atoms with Crippen molar-refractivity contribution in [2.75, 3.05) is 25.1 Å². The van der Waals surface area contributed by atoms with E-state index in [0.717, 1.165) is 46.7 Å². The third-order valence-electron chi connectivity index (χ3n) is 8.93. The van der Waals surface area contributed by atoms with Crippen molar-refractivity contribution < 1.29 is 27.5 Å². The zero-order chi connectivity index (χ0) is 35.8. The van der Waals surface area contributed by atoms with Gasteiger partial charge in [-0.2, -0.15) is 0 Å². The maximum absolute atomic E-state index is 14.8. The van der Waals surface area contributed by atoms with Crippen LogP contribution in [0.5, 0.6) is 11.5 Å². The second kappa shape index (κ2) is 16.4. The van der Waals surface area contributed by atoms with Crippen LogP contribution in [0, 0.1) is 13.8 Å². The van der Waals surface area contributed by atoms with Crippen molar-refractivity contribution in [3.05, 3.63) is 118 Å². The topological polar surface area (TPSA) is 105 Å². The van der Waals surface area contributed by atoms with Gasteiger partial charge in [0.2, 0.25) is 11.8 Å². The third-order valence-corrected chi connectivity index (χ3v) is 10.9. The van der Waals surface area contributed by atoms with Crippen LogP contribution in [0.4, 0.5) is 5.69 Å². The fourth-order valence-electron chi connectivity index (χ4n) is 6.48. The van der Waals surface area contributed by atoms with Crippen LogP contribution in [0.1, 0.15) is 47.9 Å². The Balaban J connectivity index is 1.60. The molecule has 0 heterocycles. The number of anilines is 1. The fourth-order valence-corrected chi connectivity index (χ4v) is 8.11. The second-order valence-electron chi connectivity index (χ2n) is 12.7. The third kappa shape index (κ3) is 8.97. The molecule has 0 spiro atoms. The smallest absolute Gasteiger partial charge is 0.264 e. The molecule has 0 radical (unpaired) electrons. The van der Waals surface area contributed by atoms with E-state index in [9.17, 15) is 18.0 Å². The number of rotatable bonds is 14. The summed E-state index contributed by atoms with van der Waals surface area (Å²) >= 11 is 6.37. The minimum absolute atomic E-state index is 0.0149. The Hall–Kier alpha value is -4.54. The van der Waals surface area contributed by atoms with Gasteiger partial charge >= 0.3 is 0 Å². The van der Waals surface area contributed by atoms with Gasteiger partial charge in [-0.15, -0.1) is 0 Å². The molecule has 0 aliphatic heterocycles. The van der Waals surface area contributed by atoms with E-state index >= 15 is 0 Å². The normalized spacial score (nSPS) is 13.8. The van der Waals surface area contributed by atoms with E-state index in [2.05, 4.69) is 5.32 Å². The lowest BCUT2D eigenvalue weighted by molar-refractivity contribution is -0.140. The van der Waals surface area contributed by atoms with Crippen molar-refractivity contribution in [3.63, 3.8) is 0 Å². The number of halogens is 1. The molecule has 1 N–H and O–H groups in total. The van der Waals surface area contributed by atoms with Crippen LogP contribution in [0.2, 0.25) is 5.02 Å². The number of carbonyl (C=O) groups excluding carboxylic acids is 2. The van der Waals surface area contributed by atoms with Gasteiger partial charge in [0.05, 0.1) is 24.8 Å². The Morgan fingerprint density at radius 1 is 0.840 bits per heavy atom. The molecule has 0 bridgehead atoms. The zero-order valence-corrected chi connectivity index (χ0v) is 30.5. The molecular weight excluding hydrogens is 674 g/mol. The van der Waals surface area contributed by atoms with E-state index in [-0.39, 0.29) is 35.6 Å². The van der Waals surface area contributed by atoms with Crippen molar-refractivity contribution in [2.24, 2.45) is 0 Å². The summed E-state index contributed by atoms with van der Waals surface area (Å²) in [5, 5.41) is 3.68. The summed E-state index contributed by atoms with van der Waals surface area (Å²) in [6.07, 6.45) is 4.03. The summed E-state index contributed by atoms with van der Waals surface area (Å²) in [4.78, 5) is 30.4. The Bertz CT molecular complexity index is 1890. The molecular formula is C39H44ClN3O6S. The van der Waals surface area contributed by atoms with Crippen molar-refractivity contribution >= 4 is 39.1 Å². The highest BCUT2D eigenvalue weighted by Gasteiger charge is 2.36. The maximum atomic E-state index is 14.8. The average molecular weight is 718 g/mol. The molecule has 0 saturated heterocycles. The van der Waals surface area contributed by atoms with Crippen molar-refractivity contribution in [3.8, 4) is 11.5 Å². The summed E-state index contributed by atoms with van der Waals surface area (Å²) in [6, 6.07) is 25.4. The predicted octanol–water partition coefficient (Wildman–Crippen LogP) is 6.87. The van der Waals surface area contributed by atoms with Crippen molar-refractivity contribution in [1.29, 1.82) is 0 Å². The van der Waals surface area contributed by atoms with Crippen LogP contribution >= 0.6 is 11.6 Å². The van der Waals surface area contributed by atoms with E-state index in [0.29, 0.717) is 22.0 Å². The second-order valence-corrected chi connectivity index (χ2v) is 15.0. The standard InChI is InChI=1S/C39H44ClN3O6S/c1-27-19-28(2)21-33(20-27)43(50(46,47)34-17-18-36(48-3)37(24-34)49-4)26-38(44)42(25-30-13-10-14-31(40)22-30)35(23-29-11-6-5-7-12-29)39(45)41-32-15-8-9-16-32/h5-7,10-14,17-22,24,32,35H,8-9,15-16,23,25-26H2,1-4H3,(H,41,45). The number of benzene rings is 4. The quantitative estimate of drug-likeness (QED) is 0.153. The van der Waals surface area contributed by atoms with Gasteiger partial charge in [-0.1, -0.05) is 73.0 Å². The first kappa shape index (κ1) is 36.7. The lowest BCUT2D eigenvalue weighted by Crippen LogP contribution is -2.54. The molecule has 264 valence electrons. The fraction of sp³-hybridized carbons (Fsp3) is 0.333. The first-order chi connectivity index (χ1) is 24.0. The number of nitrogens with zero attached hydrogens (tertiary/aromatic N) is 2. The highest BCUT2D eigenvalue weighted by molar-refractivity contribution is 7.92. The van der Waals surface area contributed by atoms with Gasteiger partial charge in [-0.3, -0.25) is 13.9 Å². The molecule has 4 aromatic rings. The molecule has 1 saturated carbocycles. The largest absolute Gasteiger partial charge is 0.493 e. The number of hydrogen-bond acceptors (Lipinski definition) is 6. The number of sulfonamides is 1. The maximum Gasteiger partial charge on any atom is 0.264 e. The first-order valence-corrected chi connectivity index (χ1v) is 18.5. The Morgan fingerprint density at radius 3 is 2.14 bits per heavy atom. The van der Waals surface area contributed by atoms with E-state index in [4.69, 9.17) is 21.1 Å². The number of aryl methyl sites for hydroxylation is 2. The summed E-state index contributed by atoms with van der Waals surface area (Å²) in [7, 11) is -1.45. The molecule has 1 atom stereocenters. The molecule has 4 aromatic carbocycles. The van der Waals surface area contributed by atoms with Gasteiger partial charge in [-0.25, -0.2) is 8.42 Å². The highest BCUT2D eigenvalue weighted by Crippen LogP contribution is 2.33. The Kier molecular flexibility index (Phi) is 12.1. The molecule has 1 aliphatic carbocycles. The number of amides is 2. The van der Waals surface area contributed by atoms with Gasteiger partial charge in [0, 0.05) is 30.1 Å². The molecule has 1 unspecified atom stereocenters. The van der Waals surface area contributed by atoms with Crippen LogP contribution in [0.3, 0.4) is 0 Å². The zero-order valence-electron chi connectivity index (χ0n) is 28.9. The predicted molar refractivity (Wildman–Crippen MR) is 196 cm³/mol. The van der Waals surface area contributed by atoms with Crippen LogP contribution in [0.25, 0.3) is 0 Å². The summed E-state index contributed by atoms with van der Waals surface area (Å²) in [5.41, 5.74) is 3.55. The van der Waals surface area contributed by atoms with E-state index in [1.54, 1.807) is 30.3 Å². The number of methoxy groups -OCH3 is 2. The van der Waals surface area contributed by atoms with Crippen LogP contribution < -0.4 is 19.1 Å². The molecule has 1 fully saturated rings. The lowest BCUT2D eigenvalue weighted by Gasteiger charge is -2.34. The number of nitrogens with one attached hydrogen (secondary N) is 1. The van der Waals surface area contributed by atoms with E-state index in [1.165, 1.54) is 37.3 Å². The van der Waals surface area contributed by atoms with Crippen LogP contribution in [-0.4, -0.2) is 58.0 Å². The van der Waals surface area contributed by atoms with Crippen LogP contribution in [-0.2, 0) is 32.6 Å². The minimum atomic E-state index is -4.35.